The van der Waals surface area contributed by atoms with E-state index in [9.17, 15) is 4.79 Å². The molecule has 1 aliphatic rings. The average Bonchev–Trinajstić information content (AvgIpc) is 2.83. The van der Waals surface area contributed by atoms with Gasteiger partial charge in [0.25, 0.3) is 0 Å². The summed E-state index contributed by atoms with van der Waals surface area (Å²) in [6.07, 6.45) is 0. The van der Waals surface area contributed by atoms with Crippen LogP contribution in [-0.2, 0) is 11.3 Å². The molecule has 0 radical (unpaired) electrons. The number of likely N-dealkylation sites (N-methyl/N-ethyl adjacent to an activating group) is 1. The molecule has 2 rings (SSSR count). The normalized spacial score (nSPS) is 19.7. The number of nitrogens with one attached hydrogen (secondary N) is 1. The first-order valence-electron chi connectivity index (χ1n) is 5.37. The van der Waals surface area contributed by atoms with Crippen LogP contribution in [0.1, 0.15) is 5.56 Å². The molecule has 16 heavy (non-hydrogen) atoms. The predicted octanol–water partition coefficient (Wildman–Crippen LogP) is 1.31. The Morgan fingerprint density at radius 2 is 2.25 bits per heavy atom. The van der Waals surface area contributed by atoms with E-state index >= 15 is 0 Å². The third-order valence-electron chi connectivity index (χ3n) is 2.65. The van der Waals surface area contributed by atoms with E-state index in [1.54, 1.807) is 16.7 Å². The Morgan fingerprint density at radius 3 is 2.88 bits per heavy atom. The van der Waals surface area contributed by atoms with Gasteiger partial charge in [0.15, 0.2) is 0 Å². The van der Waals surface area contributed by atoms with Crippen molar-refractivity contribution in [3.63, 3.8) is 0 Å². The molecule has 1 saturated heterocycles. The van der Waals surface area contributed by atoms with Crippen LogP contribution in [0.5, 0.6) is 0 Å². The number of thioether (sulfide) groups is 1. The van der Waals surface area contributed by atoms with Crippen molar-refractivity contribution in [1.82, 2.24) is 10.2 Å². The molecule has 86 valence electrons. The number of benzene rings is 1. The minimum atomic E-state index is -0.00119. The Labute approximate surface area is 100 Å². The SMILES string of the molecule is CN(Cc1ccccc1)C(=O)C1CSCN1. The topological polar surface area (TPSA) is 32.3 Å². The quantitative estimate of drug-likeness (QED) is 0.859. The highest BCUT2D eigenvalue weighted by Gasteiger charge is 2.25. The van der Waals surface area contributed by atoms with Gasteiger partial charge in [0.05, 0.1) is 6.04 Å². The maximum absolute atomic E-state index is 12.0. The van der Waals surface area contributed by atoms with Gasteiger partial charge in [-0.05, 0) is 5.56 Å². The van der Waals surface area contributed by atoms with E-state index in [-0.39, 0.29) is 11.9 Å². The zero-order chi connectivity index (χ0) is 11.4. The number of nitrogens with zero attached hydrogens (tertiary/aromatic N) is 1. The molecule has 0 aromatic heterocycles. The second kappa shape index (κ2) is 5.37. The molecule has 0 bridgehead atoms. The second-order valence-corrected chi connectivity index (χ2v) is 4.98. The smallest absolute Gasteiger partial charge is 0.240 e. The minimum absolute atomic E-state index is 0.00119. The van der Waals surface area contributed by atoms with E-state index in [1.165, 1.54) is 5.56 Å². The number of amides is 1. The predicted molar refractivity (Wildman–Crippen MR) is 67.2 cm³/mol. The lowest BCUT2D eigenvalue weighted by Crippen LogP contribution is -2.42. The molecule has 1 amide bonds. The fraction of sp³-hybridized carbons (Fsp3) is 0.417. The first-order valence-corrected chi connectivity index (χ1v) is 6.53. The number of rotatable bonds is 3. The van der Waals surface area contributed by atoms with Gasteiger partial charge in [0.2, 0.25) is 5.91 Å². The van der Waals surface area contributed by atoms with Crippen molar-refractivity contribution >= 4 is 17.7 Å². The molecule has 1 fully saturated rings. The Balaban J connectivity index is 1.92. The lowest BCUT2D eigenvalue weighted by atomic mass is 10.2. The summed E-state index contributed by atoms with van der Waals surface area (Å²) in [6, 6.07) is 10.1. The third kappa shape index (κ3) is 2.77. The highest BCUT2D eigenvalue weighted by atomic mass is 32.2. The van der Waals surface area contributed by atoms with Gasteiger partial charge in [-0.15, -0.1) is 11.8 Å². The maximum Gasteiger partial charge on any atom is 0.240 e. The molecule has 0 aliphatic carbocycles. The monoisotopic (exact) mass is 236 g/mol. The van der Waals surface area contributed by atoms with Crippen LogP contribution >= 0.6 is 11.8 Å². The van der Waals surface area contributed by atoms with Gasteiger partial charge in [-0.3, -0.25) is 10.1 Å². The van der Waals surface area contributed by atoms with Crippen LogP contribution in [-0.4, -0.2) is 35.5 Å². The molecule has 0 saturated carbocycles. The van der Waals surface area contributed by atoms with Crippen LogP contribution in [0, 0.1) is 0 Å². The van der Waals surface area contributed by atoms with E-state index in [2.05, 4.69) is 5.32 Å². The van der Waals surface area contributed by atoms with E-state index in [0.29, 0.717) is 6.54 Å². The maximum atomic E-state index is 12.0. The molecule has 1 aromatic carbocycles. The summed E-state index contributed by atoms with van der Waals surface area (Å²) in [7, 11) is 1.86. The van der Waals surface area contributed by atoms with Crippen molar-refractivity contribution in [3.8, 4) is 0 Å². The van der Waals surface area contributed by atoms with Crippen molar-refractivity contribution in [2.24, 2.45) is 0 Å². The average molecular weight is 236 g/mol. The standard InChI is InChI=1S/C12H16N2OS/c1-14(7-10-5-3-2-4-6-10)12(15)11-8-16-9-13-11/h2-6,11,13H,7-9H2,1H3. The molecule has 1 aromatic rings. The van der Waals surface area contributed by atoms with Gasteiger partial charge in [-0.2, -0.15) is 0 Å². The molecule has 1 unspecified atom stereocenters. The van der Waals surface area contributed by atoms with Crippen molar-refractivity contribution in [2.75, 3.05) is 18.7 Å². The first-order chi connectivity index (χ1) is 7.77. The molecule has 1 aliphatic heterocycles. The van der Waals surface area contributed by atoms with Crippen molar-refractivity contribution in [3.05, 3.63) is 35.9 Å². The Bertz CT molecular complexity index is 349. The summed E-state index contributed by atoms with van der Waals surface area (Å²) in [5.41, 5.74) is 1.17. The van der Waals surface area contributed by atoms with E-state index in [0.717, 1.165) is 11.6 Å². The van der Waals surface area contributed by atoms with Crippen molar-refractivity contribution in [1.29, 1.82) is 0 Å². The Hall–Kier alpha value is -1.00. The Morgan fingerprint density at radius 1 is 1.50 bits per heavy atom. The molecule has 1 N–H and O–H groups in total. The molecule has 1 heterocycles. The number of carbonyl (C=O) groups excluding carboxylic acids is 1. The third-order valence-corrected chi connectivity index (χ3v) is 3.59. The fourth-order valence-electron chi connectivity index (χ4n) is 1.76. The first kappa shape index (κ1) is 11.5. The van der Waals surface area contributed by atoms with Crippen molar-refractivity contribution in [2.45, 2.75) is 12.6 Å². The summed E-state index contributed by atoms with van der Waals surface area (Å²) in [4.78, 5) is 13.8. The zero-order valence-corrected chi connectivity index (χ0v) is 10.2. The van der Waals surface area contributed by atoms with Crippen molar-refractivity contribution < 1.29 is 4.79 Å². The van der Waals surface area contributed by atoms with E-state index in [1.807, 2.05) is 37.4 Å². The largest absolute Gasteiger partial charge is 0.340 e. The number of carbonyl (C=O) groups is 1. The Kier molecular flexibility index (Phi) is 3.85. The van der Waals surface area contributed by atoms with Crippen LogP contribution in [0.25, 0.3) is 0 Å². The summed E-state index contributed by atoms with van der Waals surface area (Å²) < 4.78 is 0. The van der Waals surface area contributed by atoms with E-state index in [4.69, 9.17) is 0 Å². The number of hydrogen-bond donors (Lipinski definition) is 1. The fourth-order valence-corrected chi connectivity index (χ4v) is 2.69. The summed E-state index contributed by atoms with van der Waals surface area (Å²) >= 11 is 1.78. The molecular formula is C12H16N2OS. The summed E-state index contributed by atoms with van der Waals surface area (Å²) in [6.45, 7) is 0.683. The molecule has 3 nitrogen and oxygen atoms in total. The van der Waals surface area contributed by atoms with E-state index < -0.39 is 0 Å². The highest BCUT2D eigenvalue weighted by molar-refractivity contribution is 7.99. The zero-order valence-electron chi connectivity index (χ0n) is 9.35. The van der Waals surface area contributed by atoms with Crippen LogP contribution < -0.4 is 5.32 Å². The van der Waals surface area contributed by atoms with Gasteiger partial charge < -0.3 is 4.90 Å². The number of hydrogen-bond acceptors (Lipinski definition) is 3. The second-order valence-electron chi connectivity index (χ2n) is 3.95. The van der Waals surface area contributed by atoms with Gasteiger partial charge >= 0.3 is 0 Å². The molecular weight excluding hydrogens is 220 g/mol. The van der Waals surface area contributed by atoms with Crippen LogP contribution in [0.3, 0.4) is 0 Å². The summed E-state index contributed by atoms with van der Waals surface area (Å²) in [5.74, 6) is 1.96. The van der Waals surface area contributed by atoms with Gasteiger partial charge in [0.1, 0.15) is 0 Å². The lowest BCUT2D eigenvalue weighted by molar-refractivity contribution is -0.131. The lowest BCUT2D eigenvalue weighted by Gasteiger charge is -2.20. The van der Waals surface area contributed by atoms with Crippen LogP contribution in [0.15, 0.2) is 30.3 Å². The molecule has 4 heteroatoms. The summed E-state index contributed by atoms with van der Waals surface area (Å²) in [5, 5.41) is 3.19. The molecule has 1 atom stereocenters. The van der Waals surface area contributed by atoms with Crippen LogP contribution in [0.2, 0.25) is 0 Å². The highest BCUT2D eigenvalue weighted by Crippen LogP contribution is 2.12. The minimum Gasteiger partial charge on any atom is -0.340 e. The van der Waals surface area contributed by atoms with Crippen LogP contribution in [0.4, 0.5) is 0 Å². The van der Waals surface area contributed by atoms with Gasteiger partial charge in [0, 0.05) is 25.2 Å². The van der Waals surface area contributed by atoms with Gasteiger partial charge in [-0.25, -0.2) is 0 Å². The molecule has 0 spiro atoms. The van der Waals surface area contributed by atoms with Gasteiger partial charge in [-0.1, -0.05) is 30.3 Å².